The molecule has 2 aromatic heterocycles. The van der Waals surface area contributed by atoms with Gasteiger partial charge in [-0.1, -0.05) is 6.07 Å². The minimum Gasteiger partial charge on any atom is -0.496 e. The van der Waals surface area contributed by atoms with Crippen molar-refractivity contribution in [2.75, 3.05) is 25.1 Å². The summed E-state index contributed by atoms with van der Waals surface area (Å²) in [5.41, 5.74) is 3.04. The van der Waals surface area contributed by atoms with E-state index in [-0.39, 0.29) is 36.0 Å². The van der Waals surface area contributed by atoms with E-state index >= 15 is 0 Å². The highest BCUT2D eigenvalue weighted by Crippen LogP contribution is 2.35. The topological polar surface area (TPSA) is 79.3 Å². The van der Waals surface area contributed by atoms with Gasteiger partial charge in [0, 0.05) is 56.0 Å². The zero-order valence-corrected chi connectivity index (χ0v) is 19.6. The monoisotopic (exact) mass is 452 g/mol. The van der Waals surface area contributed by atoms with Crippen LogP contribution in [0.1, 0.15) is 32.4 Å². The van der Waals surface area contributed by atoms with Crippen molar-refractivity contribution < 1.29 is 9.13 Å². The number of piperazine rings is 1. The predicted molar refractivity (Wildman–Crippen MR) is 125 cm³/mol. The van der Waals surface area contributed by atoms with Crippen molar-refractivity contribution in [2.24, 2.45) is 7.05 Å². The van der Waals surface area contributed by atoms with Gasteiger partial charge in [0.2, 0.25) is 0 Å². The van der Waals surface area contributed by atoms with Gasteiger partial charge in [-0.15, -0.1) is 0 Å². The molecule has 1 saturated heterocycles. The molecule has 1 aromatic carbocycles. The Morgan fingerprint density at radius 2 is 2.03 bits per heavy atom. The van der Waals surface area contributed by atoms with Gasteiger partial charge in [0.05, 0.1) is 30.6 Å². The highest BCUT2D eigenvalue weighted by Gasteiger charge is 2.34. The van der Waals surface area contributed by atoms with Crippen LogP contribution in [0.15, 0.2) is 35.3 Å². The number of hydrogen-bond donors (Lipinski definition) is 0. The Morgan fingerprint density at radius 3 is 2.73 bits per heavy atom. The normalized spacial score (nSPS) is 20.1. The second kappa shape index (κ2) is 8.87. The number of nitriles is 1. The van der Waals surface area contributed by atoms with Gasteiger partial charge >= 0.3 is 0 Å². The Kier molecular flexibility index (Phi) is 6.13. The second-order valence-corrected chi connectivity index (χ2v) is 8.75. The van der Waals surface area contributed by atoms with Gasteiger partial charge in [-0.05, 0) is 26.8 Å². The first-order chi connectivity index (χ1) is 15.7. The maximum atomic E-state index is 13.7. The van der Waals surface area contributed by atoms with Crippen molar-refractivity contribution >= 4 is 16.7 Å². The van der Waals surface area contributed by atoms with Crippen molar-refractivity contribution in [3.05, 3.63) is 52.2 Å². The molecule has 33 heavy (non-hydrogen) atoms. The van der Waals surface area contributed by atoms with Gasteiger partial charge in [-0.2, -0.15) is 10.4 Å². The fourth-order valence-corrected chi connectivity index (χ4v) is 4.85. The zero-order chi connectivity index (χ0) is 23.9. The number of ether oxygens (including phenoxy) is 1. The lowest BCUT2D eigenvalue weighted by Gasteiger charge is -2.47. The van der Waals surface area contributed by atoms with Gasteiger partial charge in [-0.25, -0.2) is 4.39 Å². The number of halogens is 1. The van der Waals surface area contributed by atoms with E-state index in [0.717, 1.165) is 17.8 Å². The van der Waals surface area contributed by atoms with Gasteiger partial charge < -0.3 is 14.2 Å². The Bertz CT molecular complexity index is 1280. The van der Waals surface area contributed by atoms with Crippen molar-refractivity contribution in [2.45, 2.75) is 45.4 Å². The molecular formula is C24H29FN6O2. The first kappa shape index (κ1) is 22.8. The number of pyridine rings is 1. The molecule has 1 unspecified atom stereocenters. The van der Waals surface area contributed by atoms with Crippen LogP contribution < -0.4 is 15.2 Å². The quantitative estimate of drug-likeness (QED) is 0.592. The summed E-state index contributed by atoms with van der Waals surface area (Å²) >= 11 is 0. The molecule has 0 amide bonds. The molecule has 174 valence electrons. The summed E-state index contributed by atoms with van der Waals surface area (Å²) in [4.78, 5) is 17.3. The zero-order valence-electron chi connectivity index (χ0n) is 19.6. The smallest absolute Gasteiger partial charge is 0.252 e. The third-order valence-corrected chi connectivity index (χ3v) is 6.66. The maximum Gasteiger partial charge on any atom is 0.252 e. The van der Waals surface area contributed by atoms with E-state index in [1.54, 1.807) is 41.7 Å². The molecule has 4 rings (SSSR count). The highest BCUT2D eigenvalue weighted by atomic mass is 19.1. The average molecular weight is 453 g/mol. The molecule has 0 bridgehead atoms. The molecular weight excluding hydrogens is 423 g/mol. The van der Waals surface area contributed by atoms with E-state index in [1.165, 1.54) is 12.1 Å². The van der Waals surface area contributed by atoms with Gasteiger partial charge in [0.25, 0.3) is 5.56 Å². The first-order valence-electron chi connectivity index (χ1n) is 11.0. The summed E-state index contributed by atoms with van der Waals surface area (Å²) in [5, 5.41) is 13.7. The van der Waals surface area contributed by atoms with E-state index < -0.39 is 0 Å². The Labute approximate surface area is 192 Å². The SMILES string of the molecule is COc1cc(F)ccc1C(C)N1C[C@H](C)N(c2cc(=O)n(C)c3cn(CC#N)nc23)C[C@H]1C. The van der Waals surface area contributed by atoms with Crippen LogP contribution in [0.25, 0.3) is 11.0 Å². The van der Waals surface area contributed by atoms with Crippen LogP contribution in [0.5, 0.6) is 5.75 Å². The molecule has 1 fully saturated rings. The summed E-state index contributed by atoms with van der Waals surface area (Å²) in [5.74, 6) is 0.223. The molecule has 3 atom stereocenters. The number of aromatic nitrogens is 3. The van der Waals surface area contributed by atoms with Gasteiger partial charge in [0.15, 0.2) is 0 Å². The van der Waals surface area contributed by atoms with E-state index in [4.69, 9.17) is 10.00 Å². The number of anilines is 1. The van der Waals surface area contributed by atoms with Crippen LogP contribution in [-0.4, -0.2) is 51.5 Å². The van der Waals surface area contributed by atoms with Crippen molar-refractivity contribution in [1.82, 2.24) is 19.2 Å². The van der Waals surface area contributed by atoms with Crippen LogP contribution in [0.2, 0.25) is 0 Å². The summed E-state index contributed by atoms with van der Waals surface area (Å²) in [7, 11) is 3.27. The van der Waals surface area contributed by atoms with Crippen LogP contribution in [0.4, 0.5) is 10.1 Å². The molecule has 0 spiro atoms. The minimum absolute atomic E-state index is 0.0265. The van der Waals surface area contributed by atoms with Crippen molar-refractivity contribution in [1.29, 1.82) is 5.26 Å². The number of aryl methyl sites for hydroxylation is 1. The summed E-state index contributed by atoms with van der Waals surface area (Å²) in [6.07, 6.45) is 1.75. The first-order valence-corrected chi connectivity index (χ1v) is 11.0. The molecule has 9 heteroatoms. The maximum absolute atomic E-state index is 13.7. The average Bonchev–Trinajstić information content (AvgIpc) is 3.21. The number of rotatable bonds is 5. The Hall–Kier alpha value is -3.38. The predicted octanol–water partition coefficient (Wildman–Crippen LogP) is 3.07. The number of hydrogen-bond acceptors (Lipinski definition) is 6. The number of benzene rings is 1. The number of fused-ring (bicyclic) bond motifs is 1. The standard InChI is InChI=1S/C24H29FN6O2/c1-15-13-31(20-11-23(32)28(4)21-14-29(9-8-26)27-24(20)21)16(2)12-30(15)17(3)19-7-6-18(25)10-22(19)33-5/h6-7,10-11,14-17H,9,12-13H2,1-5H3/t15-,16+,17?/m1/s1. The third-order valence-electron chi connectivity index (χ3n) is 6.66. The fourth-order valence-electron chi connectivity index (χ4n) is 4.85. The lowest BCUT2D eigenvalue weighted by Crippen LogP contribution is -2.57. The molecule has 0 saturated carbocycles. The van der Waals surface area contributed by atoms with Gasteiger partial charge in [0.1, 0.15) is 23.6 Å². The molecule has 8 nitrogen and oxygen atoms in total. The lowest BCUT2D eigenvalue weighted by molar-refractivity contribution is 0.118. The van der Waals surface area contributed by atoms with Crippen LogP contribution >= 0.6 is 0 Å². The van der Waals surface area contributed by atoms with Crippen LogP contribution in [0, 0.1) is 17.1 Å². The highest BCUT2D eigenvalue weighted by molar-refractivity contribution is 5.88. The van der Waals surface area contributed by atoms with E-state index in [2.05, 4.69) is 41.7 Å². The summed E-state index contributed by atoms with van der Waals surface area (Å²) in [6, 6.07) is 8.70. The van der Waals surface area contributed by atoms with E-state index in [1.807, 2.05) is 0 Å². The Morgan fingerprint density at radius 1 is 1.27 bits per heavy atom. The number of nitrogens with zero attached hydrogens (tertiary/aromatic N) is 6. The van der Waals surface area contributed by atoms with Crippen LogP contribution in [0.3, 0.4) is 0 Å². The molecule has 0 radical (unpaired) electrons. The van der Waals surface area contributed by atoms with Gasteiger partial charge in [-0.3, -0.25) is 14.4 Å². The Balaban J connectivity index is 1.67. The second-order valence-electron chi connectivity index (χ2n) is 8.75. The van der Waals surface area contributed by atoms with Crippen LogP contribution in [-0.2, 0) is 13.6 Å². The molecule has 1 aliphatic heterocycles. The largest absolute Gasteiger partial charge is 0.496 e. The van der Waals surface area contributed by atoms with Crippen molar-refractivity contribution in [3.63, 3.8) is 0 Å². The minimum atomic E-state index is -0.320. The van der Waals surface area contributed by atoms with Crippen molar-refractivity contribution in [3.8, 4) is 11.8 Å². The fraction of sp³-hybridized carbons (Fsp3) is 0.458. The molecule has 1 aliphatic rings. The molecule has 3 heterocycles. The van der Waals surface area contributed by atoms with E-state index in [9.17, 15) is 9.18 Å². The lowest BCUT2D eigenvalue weighted by atomic mass is 9.99. The van der Waals surface area contributed by atoms with E-state index in [0.29, 0.717) is 23.3 Å². The number of methoxy groups -OCH3 is 1. The molecule has 0 aliphatic carbocycles. The summed E-state index contributed by atoms with van der Waals surface area (Å²) in [6.45, 7) is 7.95. The molecule has 3 aromatic rings. The summed E-state index contributed by atoms with van der Waals surface area (Å²) < 4.78 is 22.3. The molecule has 0 N–H and O–H groups in total. The third kappa shape index (κ3) is 4.07.